The van der Waals surface area contributed by atoms with Crippen LogP contribution in [0.2, 0.25) is 0 Å². The van der Waals surface area contributed by atoms with Gasteiger partial charge in [0, 0.05) is 24.9 Å². The van der Waals surface area contributed by atoms with Crippen molar-refractivity contribution in [3.05, 3.63) is 54.0 Å². The van der Waals surface area contributed by atoms with Gasteiger partial charge in [-0.05, 0) is 18.1 Å². The van der Waals surface area contributed by atoms with Gasteiger partial charge in [-0.2, -0.15) is 0 Å². The molecule has 0 aliphatic rings. The van der Waals surface area contributed by atoms with Gasteiger partial charge in [0.1, 0.15) is 5.82 Å². The van der Waals surface area contributed by atoms with Gasteiger partial charge in [0.2, 0.25) is 5.91 Å². The zero-order chi connectivity index (χ0) is 13.7. The Hall–Kier alpha value is -2.37. The molecule has 0 aliphatic carbocycles. The van der Waals surface area contributed by atoms with E-state index in [1.807, 2.05) is 6.07 Å². The number of amides is 1. The minimum atomic E-state index is -0.894. The van der Waals surface area contributed by atoms with E-state index in [9.17, 15) is 13.6 Å². The molecule has 98 valence electrons. The van der Waals surface area contributed by atoms with Crippen LogP contribution in [0.1, 0.15) is 12.0 Å². The minimum absolute atomic E-state index is 0.171. The largest absolute Gasteiger partial charge is 0.308 e. The van der Waals surface area contributed by atoms with E-state index >= 15 is 0 Å². The molecule has 0 bridgehead atoms. The normalized spacial score (nSPS) is 10.2. The number of hydrogen-bond acceptors (Lipinski definition) is 3. The smallest absolute Gasteiger partial charge is 0.225 e. The number of hydrogen-bond donors (Lipinski definition) is 1. The van der Waals surface area contributed by atoms with Crippen molar-refractivity contribution >= 4 is 11.7 Å². The van der Waals surface area contributed by atoms with E-state index < -0.39 is 11.6 Å². The SMILES string of the molecule is O=C(CCc1cccnc1)Nc1ncc(F)cc1F. The number of nitrogens with zero attached hydrogens (tertiary/aromatic N) is 2. The fourth-order valence-corrected chi connectivity index (χ4v) is 1.50. The highest BCUT2D eigenvalue weighted by molar-refractivity contribution is 5.89. The summed E-state index contributed by atoms with van der Waals surface area (Å²) in [5, 5.41) is 2.30. The zero-order valence-electron chi connectivity index (χ0n) is 9.94. The summed E-state index contributed by atoms with van der Waals surface area (Å²) in [6, 6.07) is 4.29. The maximum atomic E-state index is 13.2. The molecule has 6 heteroatoms. The lowest BCUT2D eigenvalue weighted by Gasteiger charge is -2.05. The summed E-state index contributed by atoms with van der Waals surface area (Å²) >= 11 is 0. The van der Waals surface area contributed by atoms with Crippen LogP contribution in [-0.2, 0) is 11.2 Å². The van der Waals surface area contributed by atoms with E-state index in [0.717, 1.165) is 11.8 Å². The van der Waals surface area contributed by atoms with Crippen LogP contribution in [0.3, 0.4) is 0 Å². The fraction of sp³-hybridized carbons (Fsp3) is 0.154. The molecule has 2 heterocycles. The Morgan fingerprint density at radius 2 is 2.16 bits per heavy atom. The van der Waals surface area contributed by atoms with Crippen LogP contribution in [-0.4, -0.2) is 15.9 Å². The second kappa shape index (κ2) is 5.99. The molecule has 0 unspecified atom stereocenters. The summed E-state index contributed by atoms with van der Waals surface area (Å²) in [5.41, 5.74) is 0.908. The van der Waals surface area contributed by atoms with Crippen molar-refractivity contribution in [1.29, 1.82) is 0 Å². The predicted molar refractivity (Wildman–Crippen MR) is 65.3 cm³/mol. The van der Waals surface area contributed by atoms with Crippen molar-refractivity contribution in [2.75, 3.05) is 5.32 Å². The summed E-state index contributed by atoms with van der Waals surface area (Å²) in [5.74, 6) is -2.33. The first kappa shape index (κ1) is 13.1. The Labute approximate surface area is 108 Å². The quantitative estimate of drug-likeness (QED) is 0.921. The van der Waals surface area contributed by atoms with E-state index in [1.165, 1.54) is 0 Å². The van der Waals surface area contributed by atoms with Gasteiger partial charge >= 0.3 is 0 Å². The highest BCUT2D eigenvalue weighted by Gasteiger charge is 2.09. The number of carbonyl (C=O) groups is 1. The second-order valence-corrected chi connectivity index (χ2v) is 3.89. The number of anilines is 1. The number of carbonyl (C=O) groups excluding carboxylic acids is 1. The molecular formula is C13H11F2N3O. The molecule has 0 saturated carbocycles. The number of rotatable bonds is 4. The zero-order valence-corrected chi connectivity index (χ0v) is 9.94. The molecule has 1 N–H and O–H groups in total. The number of aromatic nitrogens is 2. The maximum Gasteiger partial charge on any atom is 0.225 e. The van der Waals surface area contributed by atoms with Crippen LogP contribution >= 0.6 is 0 Å². The summed E-state index contributed by atoms with van der Waals surface area (Å²) in [4.78, 5) is 19.0. The van der Waals surface area contributed by atoms with Crippen molar-refractivity contribution < 1.29 is 13.6 Å². The molecule has 2 aromatic heterocycles. The number of aryl methyl sites for hydroxylation is 1. The Morgan fingerprint density at radius 1 is 1.32 bits per heavy atom. The molecule has 1 amide bonds. The van der Waals surface area contributed by atoms with Crippen LogP contribution < -0.4 is 5.32 Å². The van der Waals surface area contributed by atoms with Crippen molar-refractivity contribution in [1.82, 2.24) is 9.97 Å². The van der Waals surface area contributed by atoms with Gasteiger partial charge in [-0.3, -0.25) is 9.78 Å². The molecule has 0 fully saturated rings. The van der Waals surface area contributed by atoms with Crippen LogP contribution in [0.25, 0.3) is 0 Å². The topological polar surface area (TPSA) is 54.9 Å². The van der Waals surface area contributed by atoms with Gasteiger partial charge in [0.15, 0.2) is 11.6 Å². The first-order valence-electron chi connectivity index (χ1n) is 5.65. The summed E-state index contributed by atoms with van der Waals surface area (Å²) < 4.78 is 25.9. The van der Waals surface area contributed by atoms with E-state index in [1.54, 1.807) is 18.5 Å². The molecule has 0 aliphatic heterocycles. The van der Waals surface area contributed by atoms with E-state index in [4.69, 9.17) is 0 Å². The second-order valence-electron chi connectivity index (χ2n) is 3.89. The third-order valence-corrected chi connectivity index (χ3v) is 2.43. The van der Waals surface area contributed by atoms with Crippen molar-refractivity contribution in [2.24, 2.45) is 0 Å². The molecule has 0 saturated heterocycles. The highest BCUT2D eigenvalue weighted by atomic mass is 19.1. The van der Waals surface area contributed by atoms with E-state index in [2.05, 4.69) is 15.3 Å². The van der Waals surface area contributed by atoms with Crippen LogP contribution in [0.5, 0.6) is 0 Å². The molecule has 19 heavy (non-hydrogen) atoms. The lowest BCUT2D eigenvalue weighted by atomic mass is 10.1. The van der Waals surface area contributed by atoms with Crippen LogP contribution in [0.15, 0.2) is 36.8 Å². The van der Waals surface area contributed by atoms with Crippen LogP contribution in [0.4, 0.5) is 14.6 Å². The Bertz CT molecular complexity index is 575. The third kappa shape index (κ3) is 3.80. The molecule has 2 aromatic rings. The Kier molecular flexibility index (Phi) is 4.12. The fourth-order valence-electron chi connectivity index (χ4n) is 1.50. The van der Waals surface area contributed by atoms with E-state index in [0.29, 0.717) is 12.5 Å². The maximum absolute atomic E-state index is 13.2. The molecule has 0 radical (unpaired) electrons. The van der Waals surface area contributed by atoms with E-state index in [-0.39, 0.29) is 18.1 Å². The van der Waals surface area contributed by atoms with Gasteiger partial charge in [0.05, 0.1) is 6.20 Å². The van der Waals surface area contributed by atoms with Gasteiger partial charge in [-0.1, -0.05) is 6.07 Å². The Balaban J connectivity index is 1.91. The summed E-state index contributed by atoms with van der Waals surface area (Å²) in [6.45, 7) is 0. The lowest BCUT2D eigenvalue weighted by Crippen LogP contribution is -2.14. The monoisotopic (exact) mass is 263 g/mol. The van der Waals surface area contributed by atoms with Gasteiger partial charge in [0.25, 0.3) is 0 Å². The first-order valence-corrected chi connectivity index (χ1v) is 5.65. The van der Waals surface area contributed by atoms with Crippen molar-refractivity contribution in [3.63, 3.8) is 0 Å². The average molecular weight is 263 g/mol. The predicted octanol–water partition coefficient (Wildman–Crippen LogP) is 2.33. The molecule has 0 aromatic carbocycles. The summed E-state index contributed by atoms with van der Waals surface area (Å²) in [6.07, 6.45) is 4.80. The number of pyridine rings is 2. The highest BCUT2D eigenvalue weighted by Crippen LogP contribution is 2.11. The van der Waals surface area contributed by atoms with Gasteiger partial charge < -0.3 is 5.32 Å². The molecule has 4 nitrogen and oxygen atoms in total. The van der Waals surface area contributed by atoms with Crippen molar-refractivity contribution in [3.8, 4) is 0 Å². The molecule has 0 atom stereocenters. The van der Waals surface area contributed by atoms with Crippen LogP contribution in [0, 0.1) is 11.6 Å². The van der Waals surface area contributed by atoms with Gasteiger partial charge in [-0.25, -0.2) is 13.8 Å². The average Bonchev–Trinajstić information content (AvgIpc) is 2.41. The molecule has 2 rings (SSSR count). The van der Waals surface area contributed by atoms with Gasteiger partial charge in [-0.15, -0.1) is 0 Å². The standard InChI is InChI=1S/C13H11F2N3O/c14-10-6-11(15)13(17-8-10)18-12(19)4-3-9-2-1-5-16-7-9/h1-2,5-8H,3-4H2,(H,17,18,19). The summed E-state index contributed by atoms with van der Waals surface area (Å²) in [7, 11) is 0. The first-order chi connectivity index (χ1) is 9.15. The minimum Gasteiger partial charge on any atom is -0.308 e. The lowest BCUT2D eigenvalue weighted by molar-refractivity contribution is -0.116. The van der Waals surface area contributed by atoms with Crippen molar-refractivity contribution in [2.45, 2.75) is 12.8 Å². The molecule has 0 spiro atoms. The number of nitrogens with one attached hydrogen (secondary N) is 1. The number of halogens is 2. The molecular weight excluding hydrogens is 252 g/mol. The Morgan fingerprint density at radius 3 is 2.84 bits per heavy atom. The third-order valence-electron chi connectivity index (χ3n) is 2.43.